The molecule has 1 amide bonds. The summed E-state index contributed by atoms with van der Waals surface area (Å²) >= 11 is 0. The Balaban J connectivity index is 1.48. The summed E-state index contributed by atoms with van der Waals surface area (Å²) in [6.45, 7) is -0.119. The molecule has 9 heteroatoms. The van der Waals surface area contributed by atoms with Gasteiger partial charge in [0.2, 0.25) is 0 Å². The van der Waals surface area contributed by atoms with Crippen LogP contribution >= 0.6 is 0 Å². The van der Waals surface area contributed by atoms with Gasteiger partial charge in [-0.1, -0.05) is 12.1 Å². The van der Waals surface area contributed by atoms with Crippen molar-refractivity contribution in [2.75, 3.05) is 13.7 Å². The number of nitro benzene ring substituents is 1. The molecule has 0 aromatic heterocycles. The van der Waals surface area contributed by atoms with Gasteiger partial charge in [0, 0.05) is 24.6 Å². The average Bonchev–Trinajstić information content (AvgIpc) is 3.15. The molecule has 0 aliphatic carbocycles. The van der Waals surface area contributed by atoms with Crippen molar-refractivity contribution in [3.05, 3.63) is 64.2 Å². The fourth-order valence-corrected chi connectivity index (χ4v) is 2.78. The van der Waals surface area contributed by atoms with Crippen LogP contribution in [0.3, 0.4) is 0 Å². The molecule has 1 saturated heterocycles. The first kappa shape index (κ1) is 18.6. The Morgan fingerprint density at radius 3 is 2.67 bits per heavy atom. The lowest BCUT2D eigenvalue weighted by Gasteiger charge is -2.13. The number of carbonyl (C=O) groups excluding carboxylic acids is 1. The summed E-state index contributed by atoms with van der Waals surface area (Å²) < 4.78 is 10.5. The molecule has 0 spiro atoms. The van der Waals surface area contributed by atoms with Gasteiger partial charge in [-0.15, -0.1) is 0 Å². The quantitative estimate of drug-likeness (QED) is 0.500. The number of ether oxygens (including phenoxy) is 2. The first-order valence-corrected chi connectivity index (χ1v) is 8.37. The fraction of sp³-hybridized carbons (Fsp3) is 0.278. The minimum atomic E-state index is -0.429. The molecule has 2 aromatic carbocycles. The van der Waals surface area contributed by atoms with Crippen LogP contribution in [0, 0.1) is 10.1 Å². The third-order valence-electron chi connectivity index (χ3n) is 4.15. The number of hydrogen-bond donors (Lipinski definition) is 3. The predicted octanol–water partition coefficient (Wildman–Crippen LogP) is 1.66. The maximum Gasteiger partial charge on any atom is 0.269 e. The molecule has 2 aromatic rings. The number of hydrogen-bond acceptors (Lipinski definition) is 7. The minimum absolute atomic E-state index is 0.0367. The van der Waals surface area contributed by atoms with Gasteiger partial charge in [0.05, 0.1) is 18.2 Å². The van der Waals surface area contributed by atoms with Gasteiger partial charge in [0.15, 0.2) is 6.61 Å². The Morgan fingerprint density at radius 2 is 1.96 bits per heavy atom. The number of carbonyl (C=O) groups is 1. The van der Waals surface area contributed by atoms with Gasteiger partial charge in [-0.3, -0.25) is 14.9 Å². The lowest BCUT2D eigenvalue weighted by molar-refractivity contribution is -0.384. The summed E-state index contributed by atoms with van der Waals surface area (Å²) in [6, 6.07) is 13.2. The van der Waals surface area contributed by atoms with Gasteiger partial charge in [-0.2, -0.15) is 0 Å². The summed E-state index contributed by atoms with van der Waals surface area (Å²) in [5.41, 5.74) is 6.83. The molecule has 9 nitrogen and oxygen atoms in total. The number of nitro groups is 1. The standard InChI is InChI=1S/C18H20N4O5/c1-26-14-5-7-15(8-6-14)27-11-18(23)19-17-10-16(20-21-17)12-3-2-4-13(9-12)22(24)25/h2-9,16-17,20-21H,10-11H2,1H3,(H,19,23). The zero-order chi connectivity index (χ0) is 19.2. The SMILES string of the molecule is COc1ccc(OCC(=O)NC2CC(c3cccc([N+](=O)[O-])c3)NN2)cc1. The van der Waals surface area contributed by atoms with E-state index in [0.29, 0.717) is 17.9 Å². The zero-order valence-corrected chi connectivity index (χ0v) is 14.7. The lowest BCUT2D eigenvalue weighted by atomic mass is 10.0. The molecule has 27 heavy (non-hydrogen) atoms. The topological polar surface area (TPSA) is 115 Å². The Labute approximate surface area is 155 Å². The number of nitrogens with zero attached hydrogens (tertiary/aromatic N) is 1. The molecule has 0 radical (unpaired) electrons. The second-order valence-corrected chi connectivity index (χ2v) is 6.01. The molecule has 2 unspecified atom stereocenters. The molecule has 1 fully saturated rings. The van der Waals surface area contributed by atoms with Crippen LogP contribution in [0.4, 0.5) is 5.69 Å². The number of rotatable bonds is 7. The van der Waals surface area contributed by atoms with Crippen molar-refractivity contribution in [1.29, 1.82) is 0 Å². The zero-order valence-electron chi connectivity index (χ0n) is 14.7. The summed E-state index contributed by atoms with van der Waals surface area (Å²) in [4.78, 5) is 22.5. The van der Waals surface area contributed by atoms with E-state index in [4.69, 9.17) is 9.47 Å². The highest BCUT2D eigenvalue weighted by molar-refractivity contribution is 5.77. The molecule has 0 saturated carbocycles. The highest BCUT2D eigenvalue weighted by Crippen LogP contribution is 2.24. The van der Waals surface area contributed by atoms with Crippen LogP contribution in [-0.2, 0) is 4.79 Å². The molecular formula is C18H20N4O5. The van der Waals surface area contributed by atoms with Gasteiger partial charge in [-0.05, 0) is 29.8 Å². The third kappa shape index (κ3) is 4.93. The van der Waals surface area contributed by atoms with Crippen LogP contribution < -0.4 is 25.6 Å². The summed E-state index contributed by atoms with van der Waals surface area (Å²) in [5.74, 6) is 1.00. The Kier molecular flexibility index (Phi) is 5.84. The van der Waals surface area contributed by atoms with E-state index in [-0.39, 0.29) is 30.4 Å². The van der Waals surface area contributed by atoms with E-state index in [1.165, 1.54) is 12.1 Å². The molecule has 0 bridgehead atoms. The second-order valence-electron chi connectivity index (χ2n) is 6.01. The van der Waals surface area contributed by atoms with Gasteiger partial charge >= 0.3 is 0 Å². The minimum Gasteiger partial charge on any atom is -0.497 e. The van der Waals surface area contributed by atoms with Crippen LogP contribution in [0.5, 0.6) is 11.5 Å². The smallest absolute Gasteiger partial charge is 0.269 e. The van der Waals surface area contributed by atoms with E-state index in [1.54, 1.807) is 37.4 Å². The molecule has 3 N–H and O–H groups in total. The summed E-state index contributed by atoms with van der Waals surface area (Å²) in [5, 5.41) is 13.7. The lowest BCUT2D eigenvalue weighted by Crippen LogP contribution is -2.45. The monoisotopic (exact) mass is 372 g/mol. The highest BCUT2D eigenvalue weighted by Gasteiger charge is 2.27. The van der Waals surface area contributed by atoms with E-state index in [9.17, 15) is 14.9 Å². The van der Waals surface area contributed by atoms with Crippen molar-refractivity contribution in [3.63, 3.8) is 0 Å². The Morgan fingerprint density at radius 1 is 1.22 bits per heavy atom. The van der Waals surface area contributed by atoms with Crippen molar-refractivity contribution in [2.24, 2.45) is 0 Å². The van der Waals surface area contributed by atoms with Crippen molar-refractivity contribution >= 4 is 11.6 Å². The number of methoxy groups -OCH3 is 1. The normalized spacial score (nSPS) is 18.7. The molecule has 1 aliphatic rings. The van der Waals surface area contributed by atoms with Gasteiger partial charge in [-0.25, -0.2) is 10.9 Å². The second kappa shape index (κ2) is 8.47. The summed E-state index contributed by atoms with van der Waals surface area (Å²) in [7, 11) is 1.58. The van der Waals surface area contributed by atoms with E-state index in [2.05, 4.69) is 16.2 Å². The van der Waals surface area contributed by atoms with E-state index in [1.807, 2.05) is 6.07 Å². The van der Waals surface area contributed by atoms with Crippen LogP contribution in [0.15, 0.2) is 48.5 Å². The first-order valence-electron chi connectivity index (χ1n) is 8.37. The molecule has 1 aliphatic heterocycles. The van der Waals surface area contributed by atoms with Crippen LogP contribution in [-0.4, -0.2) is 30.7 Å². The van der Waals surface area contributed by atoms with E-state index < -0.39 is 4.92 Å². The average molecular weight is 372 g/mol. The number of amides is 1. The van der Waals surface area contributed by atoms with Gasteiger partial charge in [0.1, 0.15) is 11.5 Å². The summed E-state index contributed by atoms with van der Waals surface area (Å²) in [6.07, 6.45) is 0.247. The number of hydrazine groups is 1. The maximum absolute atomic E-state index is 12.1. The van der Waals surface area contributed by atoms with Crippen molar-refractivity contribution < 1.29 is 19.2 Å². The van der Waals surface area contributed by atoms with Gasteiger partial charge in [0.25, 0.3) is 11.6 Å². The molecule has 2 atom stereocenters. The predicted molar refractivity (Wildman–Crippen MR) is 97.1 cm³/mol. The fourth-order valence-electron chi connectivity index (χ4n) is 2.78. The number of benzene rings is 2. The molecule has 1 heterocycles. The van der Waals surface area contributed by atoms with E-state index in [0.717, 1.165) is 5.56 Å². The van der Waals surface area contributed by atoms with Gasteiger partial charge < -0.3 is 14.8 Å². The van der Waals surface area contributed by atoms with Crippen molar-refractivity contribution in [3.8, 4) is 11.5 Å². The number of non-ortho nitro benzene ring substituents is 1. The molecular weight excluding hydrogens is 352 g/mol. The van der Waals surface area contributed by atoms with E-state index >= 15 is 0 Å². The van der Waals surface area contributed by atoms with Crippen LogP contribution in [0.1, 0.15) is 18.0 Å². The third-order valence-corrected chi connectivity index (χ3v) is 4.15. The highest BCUT2D eigenvalue weighted by atomic mass is 16.6. The van der Waals surface area contributed by atoms with Crippen LogP contribution in [0.2, 0.25) is 0 Å². The van der Waals surface area contributed by atoms with Crippen molar-refractivity contribution in [1.82, 2.24) is 16.2 Å². The number of nitrogens with one attached hydrogen (secondary N) is 3. The largest absolute Gasteiger partial charge is 0.497 e. The van der Waals surface area contributed by atoms with Crippen molar-refractivity contribution in [2.45, 2.75) is 18.6 Å². The molecule has 3 rings (SSSR count). The Hall–Kier alpha value is -3.17. The first-order chi connectivity index (χ1) is 13.0. The van der Waals surface area contributed by atoms with Crippen LogP contribution in [0.25, 0.3) is 0 Å². The Bertz CT molecular complexity index is 812. The molecule has 142 valence electrons. The maximum atomic E-state index is 12.1.